The zero-order valence-electron chi connectivity index (χ0n) is 25.6. The maximum absolute atomic E-state index is 14.5. The van der Waals surface area contributed by atoms with Crippen molar-refractivity contribution in [2.24, 2.45) is 5.92 Å². The molecule has 3 heterocycles. The topological polar surface area (TPSA) is 71.7 Å². The van der Waals surface area contributed by atoms with Crippen molar-refractivity contribution in [2.75, 3.05) is 45.2 Å². The van der Waals surface area contributed by atoms with Crippen LogP contribution in [-0.2, 0) is 17.6 Å². The van der Waals surface area contributed by atoms with Crippen molar-refractivity contribution in [1.29, 1.82) is 0 Å². The maximum atomic E-state index is 14.5. The Morgan fingerprint density at radius 2 is 1.84 bits per heavy atom. The summed E-state index contributed by atoms with van der Waals surface area (Å²) >= 11 is 8.12. The van der Waals surface area contributed by atoms with Gasteiger partial charge in [0.2, 0.25) is 5.91 Å². The van der Waals surface area contributed by atoms with E-state index in [1.165, 1.54) is 12.1 Å². The molecule has 236 valence electrons. The van der Waals surface area contributed by atoms with Gasteiger partial charge in [-0.25, -0.2) is 9.18 Å². The summed E-state index contributed by atoms with van der Waals surface area (Å²) in [7, 11) is 4.09. The Morgan fingerprint density at radius 1 is 1.09 bits per heavy atom. The number of piperidine rings is 1. The Morgan fingerprint density at radius 3 is 2.60 bits per heavy atom. The number of nitrogens with zero attached hydrogens (tertiary/aromatic N) is 3. The van der Waals surface area contributed by atoms with E-state index in [2.05, 4.69) is 15.2 Å². The fourth-order valence-electron chi connectivity index (χ4n) is 6.59. The molecule has 4 aromatic rings. The minimum absolute atomic E-state index is 0.123. The lowest BCUT2D eigenvalue weighted by atomic mass is 9.91. The van der Waals surface area contributed by atoms with E-state index < -0.39 is 6.04 Å². The van der Waals surface area contributed by atoms with E-state index in [1.54, 1.807) is 23.9 Å². The van der Waals surface area contributed by atoms with Crippen molar-refractivity contribution in [3.8, 4) is 0 Å². The van der Waals surface area contributed by atoms with Crippen LogP contribution >= 0.6 is 23.4 Å². The highest BCUT2D eigenvalue weighted by Crippen LogP contribution is 2.34. The zero-order valence-corrected chi connectivity index (χ0v) is 27.2. The fraction of sp³-hybridized carbons (Fsp3) is 0.371. The van der Waals surface area contributed by atoms with Gasteiger partial charge in [-0.05, 0) is 98.9 Å². The van der Waals surface area contributed by atoms with Crippen LogP contribution in [0.4, 0.5) is 14.9 Å². The van der Waals surface area contributed by atoms with Crippen molar-refractivity contribution in [3.63, 3.8) is 0 Å². The van der Waals surface area contributed by atoms with Crippen LogP contribution in [0.15, 0.2) is 77.8 Å². The van der Waals surface area contributed by atoms with Crippen molar-refractivity contribution in [2.45, 2.75) is 41.9 Å². The predicted octanol–water partition coefficient (Wildman–Crippen LogP) is 6.60. The molecule has 0 saturated carbocycles. The number of halogens is 2. The molecule has 1 saturated heterocycles. The second kappa shape index (κ2) is 13.8. The van der Waals surface area contributed by atoms with Crippen LogP contribution in [0.1, 0.15) is 24.0 Å². The number of aromatic amines is 1. The summed E-state index contributed by atoms with van der Waals surface area (Å²) in [6.45, 7) is 2.58. The molecule has 1 fully saturated rings. The minimum Gasteiger partial charge on any atom is -0.361 e. The van der Waals surface area contributed by atoms with E-state index >= 15 is 0 Å². The number of thioether (sulfide) groups is 1. The van der Waals surface area contributed by atoms with Gasteiger partial charge in [-0.2, -0.15) is 0 Å². The quantitative estimate of drug-likeness (QED) is 0.226. The number of carbonyl (C=O) groups is 2. The second-order valence-electron chi connectivity index (χ2n) is 12.4. The van der Waals surface area contributed by atoms with Gasteiger partial charge in [0.15, 0.2) is 0 Å². The first kappa shape index (κ1) is 31.5. The maximum Gasteiger partial charge on any atom is 0.318 e. The number of amides is 3. The van der Waals surface area contributed by atoms with Gasteiger partial charge in [-0.15, -0.1) is 11.8 Å². The lowest BCUT2D eigenvalue weighted by Crippen LogP contribution is -2.56. The number of carbonyl (C=O) groups excluding carboxylic acids is 2. The van der Waals surface area contributed by atoms with Gasteiger partial charge in [-0.3, -0.25) is 4.79 Å². The molecule has 2 N–H and O–H groups in total. The molecule has 0 aliphatic carbocycles. The average molecular weight is 648 g/mol. The molecule has 1 aromatic heterocycles. The third-order valence-electron chi connectivity index (χ3n) is 8.71. The third-order valence-corrected chi connectivity index (χ3v) is 10.3. The molecular formula is C35H39ClFN5O2S. The summed E-state index contributed by atoms with van der Waals surface area (Å²) in [5, 5.41) is 5.18. The van der Waals surface area contributed by atoms with Crippen molar-refractivity contribution in [1.82, 2.24) is 20.1 Å². The molecule has 0 unspecified atom stereocenters. The van der Waals surface area contributed by atoms with Crippen LogP contribution in [0, 0.1) is 11.7 Å². The van der Waals surface area contributed by atoms with Gasteiger partial charge in [0.1, 0.15) is 11.9 Å². The molecule has 0 spiro atoms. The van der Waals surface area contributed by atoms with E-state index in [1.807, 2.05) is 72.6 Å². The van der Waals surface area contributed by atoms with Crippen LogP contribution < -0.4 is 10.2 Å². The number of para-hydroxylation sites is 1. The number of hydrogen-bond donors (Lipinski definition) is 2. The summed E-state index contributed by atoms with van der Waals surface area (Å²) < 4.78 is 13.3. The van der Waals surface area contributed by atoms with Gasteiger partial charge in [0, 0.05) is 70.6 Å². The van der Waals surface area contributed by atoms with E-state index in [4.69, 9.17) is 11.6 Å². The molecule has 3 amide bonds. The zero-order chi connectivity index (χ0) is 31.5. The number of nitrogens with one attached hydrogen (secondary N) is 2. The Hall–Kier alpha value is -3.53. The molecular weight excluding hydrogens is 609 g/mol. The standard InChI is InChI=1S/C35H39ClFN5O2S/c1-40(2)21-23-17-24-18-26(36)7-12-33(24)42(22-23)34(43)32(19-25-20-38-31-6-4-3-5-30(25)31)39-35(44)41-15-13-29(14-16-41)45-28-10-8-27(37)9-11-28/h3-12,18,20,23,29,32,38H,13-17,19,21-22H2,1-2H3,(H,39,44)/t23-,32-/m1/s1. The van der Waals surface area contributed by atoms with Gasteiger partial charge < -0.3 is 25.0 Å². The first-order valence-electron chi connectivity index (χ1n) is 15.5. The predicted molar refractivity (Wildman–Crippen MR) is 181 cm³/mol. The van der Waals surface area contributed by atoms with Crippen LogP contribution in [-0.4, -0.2) is 78.3 Å². The lowest BCUT2D eigenvalue weighted by molar-refractivity contribution is -0.120. The summed E-state index contributed by atoms with van der Waals surface area (Å²) in [6.07, 6.45) is 4.78. The van der Waals surface area contributed by atoms with Crippen LogP contribution in [0.25, 0.3) is 10.9 Å². The van der Waals surface area contributed by atoms with Gasteiger partial charge in [-0.1, -0.05) is 29.8 Å². The number of likely N-dealkylation sites (tertiary alicyclic amines) is 1. The lowest BCUT2D eigenvalue weighted by Gasteiger charge is -2.38. The van der Waals surface area contributed by atoms with E-state index in [-0.39, 0.29) is 23.7 Å². The highest BCUT2D eigenvalue weighted by molar-refractivity contribution is 8.00. The second-order valence-corrected chi connectivity index (χ2v) is 14.2. The number of rotatable bonds is 8. The van der Waals surface area contributed by atoms with Gasteiger partial charge in [0.25, 0.3) is 0 Å². The number of fused-ring (bicyclic) bond motifs is 2. The molecule has 0 radical (unpaired) electrons. The van der Waals surface area contributed by atoms with Crippen molar-refractivity contribution in [3.05, 3.63) is 94.9 Å². The normalized spacial score (nSPS) is 17.8. The first-order chi connectivity index (χ1) is 21.7. The highest BCUT2D eigenvalue weighted by atomic mass is 35.5. The van der Waals surface area contributed by atoms with Crippen molar-refractivity contribution >= 4 is 51.9 Å². The Labute approximate surface area is 273 Å². The third kappa shape index (κ3) is 7.48. The summed E-state index contributed by atoms with van der Waals surface area (Å²) in [5.41, 5.74) is 3.88. The monoisotopic (exact) mass is 647 g/mol. The molecule has 2 aliphatic heterocycles. The van der Waals surface area contributed by atoms with Crippen LogP contribution in [0.3, 0.4) is 0 Å². The molecule has 45 heavy (non-hydrogen) atoms. The fourth-order valence-corrected chi connectivity index (χ4v) is 7.91. The average Bonchev–Trinajstić information content (AvgIpc) is 3.43. The molecule has 2 aliphatic rings. The number of anilines is 1. The summed E-state index contributed by atoms with van der Waals surface area (Å²) in [4.78, 5) is 38.5. The number of H-pyrrole nitrogens is 1. The molecule has 6 rings (SSSR count). The van der Waals surface area contributed by atoms with E-state index in [0.717, 1.165) is 58.4 Å². The van der Waals surface area contributed by atoms with Crippen LogP contribution in [0.5, 0.6) is 0 Å². The molecule has 2 atom stereocenters. The number of aromatic nitrogens is 1. The first-order valence-corrected chi connectivity index (χ1v) is 16.8. The Bertz CT molecular complexity index is 1650. The van der Waals surface area contributed by atoms with Crippen LogP contribution in [0.2, 0.25) is 5.02 Å². The van der Waals surface area contributed by atoms with Crippen molar-refractivity contribution < 1.29 is 14.0 Å². The van der Waals surface area contributed by atoms with Gasteiger partial charge in [0.05, 0.1) is 0 Å². The van der Waals surface area contributed by atoms with E-state index in [0.29, 0.717) is 36.3 Å². The largest absolute Gasteiger partial charge is 0.361 e. The number of benzene rings is 3. The highest BCUT2D eigenvalue weighted by Gasteiger charge is 2.35. The van der Waals surface area contributed by atoms with E-state index in [9.17, 15) is 14.0 Å². The Kier molecular flexibility index (Phi) is 9.68. The summed E-state index contributed by atoms with van der Waals surface area (Å²) in [5.74, 6) is -0.132. The number of urea groups is 1. The van der Waals surface area contributed by atoms with Gasteiger partial charge >= 0.3 is 6.03 Å². The SMILES string of the molecule is CN(C)C[C@H]1Cc2cc(Cl)ccc2N(C(=O)[C@@H](Cc2c[nH]c3ccccc23)NC(=O)N2CCC(Sc3ccc(F)cc3)CC2)C1. The summed E-state index contributed by atoms with van der Waals surface area (Å²) in [6, 6.07) is 19.3. The Balaban J connectivity index is 1.21. The minimum atomic E-state index is -0.760. The molecule has 3 aromatic carbocycles. The molecule has 10 heteroatoms. The smallest absolute Gasteiger partial charge is 0.318 e. The molecule has 7 nitrogen and oxygen atoms in total. The number of hydrogen-bond acceptors (Lipinski definition) is 4. The molecule has 0 bridgehead atoms.